The van der Waals surface area contributed by atoms with Crippen molar-refractivity contribution in [1.29, 1.82) is 0 Å². The van der Waals surface area contributed by atoms with Crippen LogP contribution in [-0.4, -0.2) is 91.9 Å². The van der Waals surface area contributed by atoms with E-state index in [0.29, 0.717) is 0 Å². The van der Waals surface area contributed by atoms with Crippen molar-refractivity contribution in [2.45, 2.75) is 32.9 Å². The quantitative estimate of drug-likeness (QED) is 0.714. The van der Waals surface area contributed by atoms with Crippen LogP contribution in [0.1, 0.15) is 20.8 Å². The molecule has 0 aromatic carbocycles. The fourth-order valence-corrected chi connectivity index (χ4v) is 2.69. The Morgan fingerprint density at radius 2 is 1.70 bits per heavy atom. The predicted molar refractivity (Wildman–Crippen MR) is 84.9 cm³/mol. The van der Waals surface area contributed by atoms with Gasteiger partial charge < -0.3 is 15.7 Å². The van der Waals surface area contributed by atoms with Gasteiger partial charge in [-0.25, -0.2) is 0 Å². The van der Waals surface area contributed by atoms with E-state index in [4.69, 9.17) is 5.73 Å². The molecule has 1 rings (SSSR count). The molecule has 0 aromatic heterocycles. The van der Waals surface area contributed by atoms with Crippen LogP contribution in [0.4, 0.5) is 0 Å². The molecule has 2 atom stereocenters. The molecule has 1 fully saturated rings. The first kappa shape index (κ1) is 17.9. The van der Waals surface area contributed by atoms with Gasteiger partial charge in [-0.2, -0.15) is 0 Å². The highest BCUT2D eigenvalue weighted by atomic mass is 16.3. The van der Waals surface area contributed by atoms with Crippen LogP contribution in [-0.2, 0) is 0 Å². The van der Waals surface area contributed by atoms with Crippen LogP contribution >= 0.6 is 0 Å². The van der Waals surface area contributed by atoms with Crippen LogP contribution in [0.3, 0.4) is 0 Å². The fraction of sp³-hybridized carbons (Fsp3) is 1.00. The van der Waals surface area contributed by atoms with Crippen molar-refractivity contribution in [2.75, 3.05) is 60.0 Å². The van der Waals surface area contributed by atoms with Gasteiger partial charge in [0.2, 0.25) is 0 Å². The topological polar surface area (TPSA) is 56.0 Å². The van der Waals surface area contributed by atoms with E-state index in [9.17, 15) is 5.11 Å². The van der Waals surface area contributed by atoms with E-state index in [1.165, 1.54) is 0 Å². The minimum atomic E-state index is 0.000764. The average Bonchev–Trinajstić information content (AvgIpc) is 2.37. The average molecular weight is 286 g/mol. The second kappa shape index (κ2) is 7.71. The molecule has 0 aliphatic carbocycles. The molecule has 20 heavy (non-hydrogen) atoms. The number of nitrogens with zero attached hydrogens (tertiary/aromatic N) is 3. The Hall–Kier alpha value is -0.200. The molecular formula is C15H34N4O. The minimum Gasteiger partial charge on any atom is -0.395 e. The lowest BCUT2D eigenvalue weighted by Crippen LogP contribution is -2.60. The van der Waals surface area contributed by atoms with Gasteiger partial charge in [-0.3, -0.25) is 9.80 Å². The highest BCUT2D eigenvalue weighted by Crippen LogP contribution is 2.23. The van der Waals surface area contributed by atoms with Gasteiger partial charge in [-0.1, -0.05) is 20.8 Å². The zero-order valence-electron chi connectivity index (χ0n) is 14.0. The first-order chi connectivity index (χ1) is 9.25. The summed E-state index contributed by atoms with van der Waals surface area (Å²) in [7, 11) is 4.22. The smallest absolute Gasteiger partial charge is 0.0602 e. The van der Waals surface area contributed by atoms with E-state index in [2.05, 4.69) is 49.6 Å². The fourth-order valence-electron chi connectivity index (χ4n) is 2.69. The summed E-state index contributed by atoms with van der Waals surface area (Å²) in [4.78, 5) is 7.08. The van der Waals surface area contributed by atoms with Gasteiger partial charge in [0.1, 0.15) is 0 Å². The Bertz CT molecular complexity index is 270. The third kappa shape index (κ3) is 5.30. The molecule has 0 amide bonds. The van der Waals surface area contributed by atoms with Crippen LogP contribution < -0.4 is 5.73 Å². The Labute approximate surface area is 124 Å². The van der Waals surface area contributed by atoms with Crippen molar-refractivity contribution in [3.05, 3.63) is 0 Å². The summed E-state index contributed by atoms with van der Waals surface area (Å²) in [5.74, 6) is 0. The van der Waals surface area contributed by atoms with Crippen LogP contribution in [0.2, 0.25) is 0 Å². The van der Waals surface area contributed by atoms with E-state index in [1.54, 1.807) is 0 Å². The Morgan fingerprint density at radius 1 is 1.15 bits per heavy atom. The van der Waals surface area contributed by atoms with Gasteiger partial charge in [0.15, 0.2) is 0 Å². The van der Waals surface area contributed by atoms with Crippen LogP contribution in [0, 0.1) is 5.41 Å². The summed E-state index contributed by atoms with van der Waals surface area (Å²) in [6.45, 7) is 13.0. The lowest BCUT2D eigenvalue weighted by atomic mass is 9.82. The summed E-state index contributed by atoms with van der Waals surface area (Å²) in [6, 6.07) is 0.0758. The maximum atomic E-state index is 9.71. The highest BCUT2D eigenvalue weighted by Gasteiger charge is 2.33. The molecule has 0 radical (unpaired) electrons. The molecule has 120 valence electrons. The molecule has 5 heteroatoms. The minimum absolute atomic E-state index is 0.000764. The van der Waals surface area contributed by atoms with Gasteiger partial charge in [0.25, 0.3) is 0 Å². The van der Waals surface area contributed by atoms with Crippen molar-refractivity contribution < 1.29 is 5.11 Å². The van der Waals surface area contributed by atoms with Gasteiger partial charge in [0.05, 0.1) is 6.61 Å². The van der Waals surface area contributed by atoms with Crippen LogP contribution in [0.5, 0.6) is 0 Å². The Balaban J connectivity index is 2.46. The number of hydrogen-bond donors (Lipinski definition) is 2. The maximum absolute atomic E-state index is 9.71. The molecule has 0 aromatic rings. The van der Waals surface area contributed by atoms with Crippen molar-refractivity contribution in [1.82, 2.24) is 14.7 Å². The first-order valence-corrected chi connectivity index (χ1v) is 7.73. The highest BCUT2D eigenvalue weighted by molar-refractivity contribution is 4.91. The van der Waals surface area contributed by atoms with Crippen LogP contribution in [0.15, 0.2) is 0 Å². The van der Waals surface area contributed by atoms with Crippen molar-refractivity contribution >= 4 is 0 Å². The van der Waals surface area contributed by atoms with E-state index in [-0.39, 0.29) is 24.1 Å². The third-order valence-corrected chi connectivity index (χ3v) is 4.34. The second-order valence-electron chi connectivity index (χ2n) is 7.32. The van der Waals surface area contributed by atoms with Gasteiger partial charge >= 0.3 is 0 Å². The lowest BCUT2D eigenvalue weighted by Gasteiger charge is -2.44. The molecule has 1 heterocycles. The number of rotatable bonds is 6. The van der Waals surface area contributed by atoms with Crippen LogP contribution in [0.25, 0.3) is 0 Å². The monoisotopic (exact) mass is 286 g/mol. The van der Waals surface area contributed by atoms with E-state index in [0.717, 1.165) is 39.3 Å². The second-order valence-corrected chi connectivity index (χ2v) is 7.32. The molecule has 2 unspecified atom stereocenters. The van der Waals surface area contributed by atoms with E-state index >= 15 is 0 Å². The van der Waals surface area contributed by atoms with E-state index < -0.39 is 0 Å². The SMILES string of the molecule is CN(C)CCN1CCN(C(CO)C(N)C(C)(C)C)CC1. The first-order valence-electron chi connectivity index (χ1n) is 7.73. The number of piperazine rings is 1. The zero-order valence-corrected chi connectivity index (χ0v) is 14.0. The normalized spacial score (nSPS) is 22.2. The molecule has 0 saturated carbocycles. The molecule has 1 aliphatic rings. The Kier molecular flexibility index (Phi) is 6.88. The number of likely N-dealkylation sites (N-methyl/N-ethyl adjacent to an activating group) is 1. The molecule has 1 aliphatic heterocycles. The Morgan fingerprint density at radius 3 is 2.10 bits per heavy atom. The summed E-state index contributed by atoms with van der Waals surface area (Å²) in [5, 5.41) is 9.71. The van der Waals surface area contributed by atoms with Gasteiger partial charge in [-0.15, -0.1) is 0 Å². The predicted octanol–water partition coefficient (Wildman–Crippen LogP) is -0.100. The number of hydrogen-bond acceptors (Lipinski definition) is 5. The molecule has 0 spiro atoms. The van der Waals surface area contributed by atoms with Gasteiger partial charge in [-0.05, 0) is 19.5 Å². The summed E-state index contributed by atoms with van der Waals surface area (Å²) < 4.78 is 0. The number of aliphatic hydroxyl groups is 1. The van der Waals surface area contributed by atoms with Crippen molar-refractivity contribution in [3.63, 3.8) is 0 Å². The molecule has 1 saturated heterocycles. The standard InChI is InChI=1S/C15H34N4O/c1-15(2,3)14(16)13(12-20)19-10-8-18(9-11-19)7-6-17(4)5/h13-14,20H,6-12,16H2,1-5H3. The van der Waals surface area contributed by atoms with Crippen molar-refractivity contribution in [3.8, 4) is 0 Å². The maximum Gasteiger partial charge on any atom is 0.0602 e. The number of aliphatic hydroxyl groups excluding tert-OH is 1. The molecule has 3 N–H and O–H groups in total. The zero-order chi connectivity index (χ0) is 15.3. The molecular weight excluding hydrogens is 252 g/mol. The lowest BCUT2D eigenvalue weighted by molar-refractivity contribution is 0.0315. The summed E-state index contributed by atoms with van der Waals surface area (Å²) in [5.41, 5.74) is 6.37. The van der Waals surface area contributed by atoms with E-state index in [1.807, 2.05) is 0 Å². The van der Waals surface area contributed by atoms with Gasteiger partial charge in [0, 0.05) is 51.4 Å². The van der Waals surface area contributed by atoms with Crippen molar-refractivity contribution in [2.24, 2.45) is 11.1 Å². The molecule has 5 nitrogen and oxygen atoms in total. The number of nitrogens with two attached hydrogens (primary N) is 1. The third-order valence-electron chi connectivity index (χ3n) is 4.34. The summed E-state index contributed by atoms with van der Waals surface area (Å²) >= 11 is 0. The molecule has 0 bridgehead atoms. The summed E-state index contributed by atoms with van der Waals surface area (Å²) in [6.07, 6.45) is 0. The largest absolute Gasteiger partial charge is 0.395 e.